The van der Waals surface area contributed by atoms with Crippen molar-refractivity contribution < 1.29 is 9.53 Å². The molecule has 0 aliphatic carbocycles. The van der Waals surface area contributed by atoms with Crippen molar-refractivity contribution in [3.8, 4) is 0 Å². The van der Waals surface area contributed by atoms with Crippen LogP contribution in [0.4, 0.5) is 0 Å². The summed E-state index contributed by atoms with van der Waals surface area (Å²) in [5, 5.41) is 3.32. The zero-order chi connectivity index (χ0) is 14.4. The Labute approximate surface area is 119 Å². The van der Waals surface area contributed by atoms with Gasteiger partial charge >= 0.3 is 5.97 Å². The zero-order valence-corrected chi connectivity index (χ0v) is 12.0. The van der Waals surface area contributed by atoms with Crippen molar-refractivity contribution in [1.82, 2.24) is 5.32 Å². The molecule has 3 N–H and O–H groups in total. The van der Waals surface area contributed by atoms with Crippen LogP contribution in [-0.4, -0.2) is 43.9 Å². The normalized spacial score (nSPS) is 27.8. The van der Waals surface area contributed by atoms with Gasteiger partial charge in [-0.3, -0.25) is 20.1 Å². The topological polar surface area (TPSA) is 89.1 Å². The maximum Gasteiger partial charge on any atom is 0.312 e. The summed E-state index contributed by atoms with van der Waals surface area (Å²) in [5.74, 6) is 0.149. The van der Waals surface area contributed by atoms with Crippen molar-refractivity contribution in [2.75, 3.05) is 13.7 Å². The third kappa shape index (κ3) is 4.03. The van der Waals surface area contributed by atoms with Gasteiger partial charge in [0, 0.05) is 19.2 Å². The number of ether oxygens (including phenoxy) is 1. The highest BCUT2D eigenvalue weighted by atomic mass is 16.5. The molecule has 2 heterocycles. The van der Waals surface area contributed by atoms with Crippen LogP contribution >= 0.6 is 0 Å². The van der Waals surface area contributed by atoms with Gasteiger partial charge in [-0.05, 0) is 25.7 Å². The molecule has 0 saturated heterocycles. The molecule has 0 spiro atoms. The molecule has 0 bridgehead atoms. The molecule has 3 atom stereocenters. The number of nitrogens with one attached hydrogen (secondary N) is 1. The first-order valence-electron chi connectivity index (χ1n) is 7.35. The number of hydrogen-bond donors (Lipinski definition) is 2. The van der Waals surface area contributed by atoms with Crippen LogP contribution in [0.25, 0.3) is 0 Å². The predicted octanol–water partition coefficient (Wildman–Crippen LogP) is 0.856. The van der Waals surface area contributed by atoms with Crippen LogP contribution in [0.15, 0.2) is 9.98 Å². The predicted molar refractivity (Wildman–Crippen MR) is 78.9 cm³/mol. The Bertz CT molecular complexity index is 395. The molecule has 0 radical (unpaired) electrons. The molecule has 0 saturated carbocycles. The maximum atomic E-state index is 12.0. The highest BCUT2D eigenvalue weighted by molar-refractivity contribution is 5.81. The molecule has 2 aliphatic heterocycles. The Balaban J connectivity index is 1.99. The summed E-state index contributed by atoms with van der Waals surface area (Å²) in [6, 6.07) is -0.0807. The van der Waals surface area contributed by atoms with Crippen LogP contribution < -0.4 is 11.1 Å². The Kier molecular flexibility index (Phi) is 5.52. The zero-order valence-electron chi connectivity index (χ0n) is 12.0. The van der Waals surface area contributed by atoms with Crippen LogP contribution in [-0.2, 0) is 9.53 Å². The summed E-state index contributed by atoms with van der Waals surface area (Å²) >= 11 is 0. The number of aliphatic imine (C=N–C) groups is 2. The summed E-state index contributed by atoms with van der Waals surface area (Å²) in [6.45, 7) is 0.538. The average Bonchev–Trinajstić information content (AvgIpc) is 2.87. The summed E-state index contributed by atoms with van der Waals surface area (Å²) in [6.07, 6.45) is 7.82. The van der Waals surface area contributed by atoms with Crippen LogP contribution in [0.1, 0.15) is 38.5 Å². The minimum Gasteiger partial charge on any atom is -0.469 e. The van der Waals surface area contributed by atoms with E-state index in [1.54, 1.807) is 0 Å². The second kappa shape index (κ2) is 7.38. The summed E-state index contributed by atoms with van der Waals surface area (Å²) < 4.78 is 4.93. The molecule has 6 nitrogen and oxygen atoms in total. The minimum atomic E-state index is -0.285. The van der Waals surface area contributed by atoms with Gasteiger partial charge in [-0.1, -0.05) is 6.42 Å². The molecule has 0 aromatic heterocycles. The molecule has 2 aliphatic rings. The van der Waals surface area contributed by atoms with E-state index in [0.29, 0.717) is 12.4 Å². The monoisotopic (exact) mass is 280 g/mol. The largest absolute Gasteiger partial charge is 0.469 e. The lowest BCUT2D eigenvalue weighted by Gasteiger charge is -2.23. The van der Waals surface area contributed by atoms with Crippen molar-refractivity contribution in [3.63, 3.8) is 0 Å². The standard InChI is InChI=1S/C14H24N4O2/c1-20-14(19)10(9-17-13-7-4-8-16-13)11-5-2-3-6-12(15)18-11/h8,10-11,13,17H,2-7,9H2,1H3,(H2,15,18). The molecule has 0 aromatic carbocycles. The van der Waals surface area contributed by atoms with Gasteiger partial charge in [-0.25, -0.2) is 0 Å². The van der Waals surface area contributed by atoms with Crippen LogP contribution in [0.2, 0.25) is 0 Å². The van der Waals surface area contributed by atoms with Crippen molar-refractivity contribution in [3.05, 3.63) is 0 Å². The molecular formula is C14H24N4O2. The quantitative estimate of drug-likeness (QED) is 0.731. The number of rotatable bonds is 5. The van der Waals surface area contributed by atoms with Gasteiger partial charge in [0.15, 0.2) is 0 Å². The van der Waals surface area contributed by atoms with Gasteiger partial charge in [0.05, 0.1) is 31.1 Å². The fourth-order valence-electron chi connectivity index (χ4n) is 2.75. The van der Waals surface area contributed by atoms with Crippen molar-refractivity contribution in [1.29, 1.82) is 0 Å². The van der Waals surface area contributed by atoms with Gasteiger partial charge < -0.3 is 10.5 Å². The number of esters is 1. The second-order valence-electron chi connectivity index (χ2n) is 5.40. The highest BCUT2D eigenvalue weighted by Gasteiger charge is 2.30. The molecule has 0 aromatic rings. The fraction of sp³-hybridized carbons (Fsp3) is 0.786. The Morgan fingerprint density at radius 3 is 3.10 bits per heavy atom. The van der Waals surface area contributed by atoms with Crippen LogP contribution in [0, 0.1) is 5.92 Å². The van der Waals surface area contributed by atoms with Crippen molar-refractivity contribution >= 4 is 18.0 Å². The molecule has 20 heavy (non-hydrogen) atoms. The first kappa shape index (κ1) is 15.0. The van der Waals surface area contributed by atoms with E-state index in [2.05, 4.69) is 15.3 Å². The summed E-state index contributed by atoms with van der Waals surface area (Å²) in [4.78, 5) is 20.9. The number of methoxy groups -OCH3 is 1. The van der Waals surface area contributed by atoms with E-state index in [-0.39, 0.29) is 24.1 Å². The lowest BCUT2D eigenvalue weighted by molar-refractivity contribution is -0.146. The molecule has 0 fully saturated rings. The van der Waals surface area contributed by atoms with E-state index in [1.807, 2.05) is 6.21 Å². The number of amidine groups is 1. The number of carbonyl (C=O) groups is 1. The van der Waals surface area contributed by atoms with Gasteiger partial charge in [-0.15, -0.1) is 0 Å². The highest BCUT2D eigenvalue weighted by Crippen LogP contribution is 2.21. The van der Waals surface area contributed by atoms with Crippen molar-refractivity contribution in [2.24, 2.45) is 21.6 Å². The Morgan fingerprint density at radius 2 is 2.40 bits per heavy atom. The average molecular weight is 280 g/mol. The molecule has 0 amide bonds. The van der Waals surface area contributed by atoms with Crippen LogP contribution in [0.3, 0.4) is 0 Å². The van der Waals surface area contributed by atoms with Gasteiger partial charge in [0.1, 0.15) is 0 Å². The van der Waals surface area contributed by atoms with Gasteiger partial charge in [-0.2, -0.15) is 0 Å². The molecular weight excluding hydrogens is 256 g/mol. The molecule has 6 heteroatoms. The van der Waals surface area contributed by atoms with E-state index < -0.39 is 0 Å². The van der Waals surface area contributed by atoms with E-state index in [0.717, 1.165) is 38.5 Å². The van der Waals surface area contributed by atoms with Crippen molar-refractivity contribution in [2.45, 2.75) is 50.7 Å². The molecule has 112 valence electrons. The smallest absolute Gasteiger partial charge is 0.312 e. The minimum absolute atomic E-state index is 0.0807. The number of nitrogens with two attached hydrogens (primary N) is 1. The maximum absolute atomic E-state index is 12.0. The lowest BCUT2D eigenvalue weighted by Crippen LogP contribution is -2.40. The van der Waals surface area contributed by atoms with E-state index in [4.69, 9.17) is 10.5 Å². The first-order valence-corrected chi connectivity index (χ1v) is 7.35. The SMILES string of the molecule is COC(=O)C(CNC1CCC=N1)C1CCCCC(N)=N1. The van der Waals surface area contributed by atoms with E-state index in [9.17, 15) is 4.79 Å². The van der Waals surface area contributed by atoms with E-state index in [1.165, 1.54) is 7.11 Å². The lowest BCUT2D eigenvalue weighted by atomic mass is 9.95. The number of carbonyl (C=O) groups excluding carboxylic acids is 1. The summed E-state index contributed by atoms with van der Waals surface area (Å²) in [5.41, 5.74) is 5.88. The molecule has 2 rings (SSSR count). The van der Waals surface area contributed by atoms with E-state index >= 15 is 0 Å². The fourth-order valence-corrected chi connectivity index (χ4v) is 2.75. The van der Waals surface area contributed by atoms with Gasteiger partial charge in [0.2, 0.25) is 0 Å². The number of nitrogens with zero attached hydrogens (tertiary/aromatic N) is 2. The third-order valence-electron chi connectivity index (χ3n) is 3.91. The third-order valence-corrected chi connectivity index (χ3v) is 3.91. The Hall–Kier alpha value is -1.43. The molecule has 3 unspecified atom stereocenters. The number of hydrogen-bond acceptors (Lipinski definition) is 6. The summed E-state index contributed by atoms with van der Waals surface area (Å²) in [7, 11) is 1.42. The van der Waals surface area contributed by atoms with Gasteiger partial charge in [0.25, 0.3) is 0 Å². The Morgan fingerprint density at radius 1 is 1.55 bits per heavy atom. The van der Waals surface area contributed by atoms with Crippen LogP contribution in [0.5, 0.6) is 0 Å². The first-order chi connectivity index (χ1) is 9.70. The second-order valence-corrected chi connectivity index (χ2v) is 5.40.